The number of rotatable bonds is 2. The number of aromatic nitrogens is 2. The molecule has 14 heavy (non-hydrogen) atoms. The Morgan fingerprint density at radius 3 is 2.93 bits per heavy atom. The Balaban J connectivity index is 2.51. The van der Waals surface area contributed by atoms with Gasteiger partial charge >= 0.3 is 5.97 Å². The molecule has 0 saturated heterocycles. The van der Waals surface area contributed by atoms with E-state index in [1.54, 1.807) is 13.0 Å². The van der Waals surface area contributed by atoms with Gasteiger partial charge in [0.05, 0.1) is 0 Å². The maximum Gasteiger partial charge on any atom is 0.358 e. The molecule has 0 fully saturated rings. The Morgan fingerprint density at radius 2 is 2.36 bits per heavy atom. The van der Waals surface area contributed by atoms with Gasteiger partial charge in [0.2, 0.25) is 0 Å². The van der Waals surface area contributed by atoms with E-state index in [0.29, 0.717) is 11.5 Å². The van der Waals surface area contributed by atoms with Crippen molar-refractivity contribution in [2.45, 2.75) is 6.92 Å². The summed E-state index contributed by atoms with van der Waals surface area (Å²) in [5.41, 5.74) is 0.163. The molecule has 0 atom stereocenters. The number of nitrogens with zero attached hydrogens (tertiary/aromatic N) is 2. The van der Waals surface area contributed by atoms with Crippen molar-refractivity contribution < 1.29 is 18.8 Å². The number of hydrogen-bond acceptors (Lipinski definition) is 5. The number of aromatic carboxylic acids is 1. The van der Waals surface area contributed by atoms with Crippen LogP contribution in [0.25, 0.3) is 11.5 Å². The SMILES string of the molecule is Cc1cc(-c2ocnc2C(=O)O)no1. The summed E-state index contributed by atoms with van der Waals surface area (Å²) in [6.45, 7) is 1.70. The van der Waals surface area contributed by atoms with Gasteiger partial charge in [0.25, 0.3) is 0 Å². The molecule has 0 spiro atoms. The molecule has 6 nitrogen and oxygen atoms in total. The van der Waals surface area contributed by atoms with Gasteiger partial charge < -0.3 is 14.0 Å². The molecule has 72 valence electrons. The molecule has 2 heterocycles. The maximum atomic E-state index is 10.7. The fraction of sp³-hybridized carbons (Fsp3) is 0.125. The molecule has 0 unspecified atom stereocenters. The maximum absolute atomic E-state index is 10.7. The van der Waals surface area contributed by atoms with Crippen LogP contribution < -0.4 is 0 Å². The number of oxazole rings is 1. The van der Waals surface area contributed by atoms with Gasteiger partial charge in [0, 0.05) is 6.07 Å². The zero-order valence-electron chi connectivity index (χ0n) is 7.22. The van der Waals surface area contributed by atoms with Crippen LogP contribution in [-0.2, 0) is 0 Å². The Hall–Kier alpha value is -2.11. The van der Waals surface area contributed by atoms with Crippen molar-refractivity contribution in [2.75, 3.05) is 0 Å². The van der Waals surface area contributed by atoms with E-state index in [2.05, 4.69) is 10.1 Å². The van der Waals surface area contributed by atoms with Crippen molar-refractivity contribution in [3.63, 3.8) is 0 Å². The molecule has 2 aromatic rings. The summed E-state index contributed by atoms with van der Waals surface area (Å²) in [5, 5.41) is 12.4. The second kappa shape index (κ2) is 2.99. The molecular weight excluding hydrogens is 188 g/mol. The van der Waals surface area contributed by atoms with Crippen molar-refractivity contribution in [3.05, 3.63) is 23.9 Å². The first-order valence-corrected chi connectivity index (χ1v) is 3.79. The molecule has 0 aliphatic heterocycles. The molecule has 6 heteroatoms. The Bertz CT molecular complexity index is 471. The fourth-order valence-electron chi connectivity index (χ4n) is 1.05. The molecule has 0 saturated carbocycles. The predicted molar refractivity (Wildman–Crippen MR) is 43.7 cm³/mol. The topological polar surface area (TPSA) is 89.4 Å². The summed E-state index contributed by atoms with van der Waals surface area (Å²) in [5.74, 6) is -0.475. The first kappa shape index (κ1) is 8.49. The number of hydrogen-bond donors (Lipinski definition) is 1. The molecule has 0 aliphatic rings. The monoisotopic (exact) mass is 194 g/mol. The standard InChI is InChI=1S/C8H6N2O4/c1-4-2-5(10-14-4)7-6(8(11)12)9-3-13-7/h2-3H,1H3,(H,11,12). The van der Waals surface area contributed by atoms with Crippen molar-refractivity contribution in [1.82, 2.24) is 10.1 Å². The number of carbonyl (C=O) groups is 1. The van der Waals surface area contributed by atoms with E-state index >= 15 is 0 Å². The quantitative estimate of drug-likeness (QED) is 0.775. The van der Waals surface area contributed by atoms with Crippen molar-refractivity contribution in [3.8, 4) is 11.5 Å². The Labute approximate surface area is 78.2 Å². The molecule has 0 aromatic carbocycles. The zero-order chi connectivity index (χ0) is 10.1. The molecule has 0 radical (unpaired) electrons. The Morgan fingerprint density at radius 1 is 1.57 bits per heavy atom. The molecule has 0 aliphatic carbocycles. The number of carboxylic acids is 1. The van der Waals surface area contributed by atoms with Gasteiger partial charge in [-0.05, 0) is 6.92 Å². The van der Waals surface area contributed by atoms with Crippen molar-refractivity contribution >= 4 is 5.97 Å². The number of carboxylic acid groups (broad SMARTS) is 1. The van der Waals surface area contributed by atoms with Crippen molar-refractivity contribution in [1.29, 1.82) is 0 Å². The first-order valence-electron chi connectivity index (χ1n) is 3.79. The molecule has 1 N–H and O–H groups in total. The fourth-order valence-corrected chi connectivity index (χ4v) is 1.05. The van der Waals surface area contributed by atoms with Crippen LogP contribution in [0.2, 0.25) is 0 Å². The van der Waals surface area contributed by atoms with Crippen LogP contribution in [0.15, 0.2) is 21.4 Å². The van der Waals surface area contributed by atoms with Gasteiger partial charge in [-0.2, -0.15) is 0 Å². The lowest BCUT2D eigenvalue weighted by atomic mass is 10.2. The third kappa shape index (κ3) is 1.26. The van der Waals surface area contributed by atoms with Crippen LogP contribution in [0, 0.1) is 6.92 Å². The van der Waals surface area contributed by atoms with E-state index < -0.39 is 5.97 Å². The van der Waals surface area contributed by atoms with Crippen LogP contribution in [0.3, 0.4) is 0 Å². The molecule has 2 rings (SSSR count). The summed E-state index contributed by atoms with van der Waals surface area (Å²) < 4.78 is 9.70. The normalized spacial score (nSPS) is 10.4. The van der Waals surface area contributed by atoms with E-state index in [-0.39, 0.29) is 11.5 Å². The van der Waals surface area contributed by atoms with E-state index in [1.807, 2.05) is 0 Å². The third-order valence-electron chi connectivity index (χ3n) is 1.63. The van der Waals surface area contributed by atoms with Crippen LogP contribution in [0.1, 0.15) is 16.2 Å². The lowest BCUT2D eigenvalue weighted by Crippen LogP contribution is -1.98. The summed E-state index contributed by atoms with van der Waals surface area (Å²) in [6, 6.07) is 1.58. The minimum absolute atomic E-state index is 0.106. The largest absolute Gasteiger partial charge is 0.476 e. The highest BCUT2D eigenvalue weighted by Crippen LogP contribution is 2.22. The average molecular weight is 194 g/mol. The first-order chi connectivity index (χ1) is 6.68. The minimum Gasteiger partial charge on any atom is -0.476 e. The lowest BCUT2D eigenvalue weighted by molar-refractivity contribution is 0.0691. The summed E-state index contributed by atoms with van der Waals surface area (Å²) in [4.78, 5) is 14.2. The highest BCUT2D eigenvalue weighted by atomic mass is 16.5. The lowest BCUT2D eigenvalue weighted by Gasteiger charge is -1.88. The van der Waals surface area contributed by atoms with Crippen LogP contribution in [0.5, 0.6) is 0 Å². The molecule has 2 aromatic heterocycles. The van der Waals surface area contributed by atoms with E-state index in [1.165, 1.54) is 0 Å². The van der Waals surface area contributed by atoms with Crippen LogP contribution in [-0.4, -0.2) is 21.2 Å². The van der Waals surface area contributed by atoms with Gasteiger partial charge in [-0.3, -0.25) is 0 Å². The third-order valence-corrected chi connectivity index (χ3v) is 1.63. The minimum atomic E-state index is -1.16. The van der Waals surface area contributed by atoms with Crippen LogP contribution in [0.4, 0.5) is 0 Å². The van der Waals surface area contributed by atoms with Gasteiger partial charge in [-0.25, -0.2) is 9.78 Å². The van der Waals surface area contributed by atoms with Gasteiger partial charge in [0.1, 0.15) is 5.76 Å². The van der Waals surface area contributed by atoms with E-state index in [9.17, 15) is 4.79 Å². The van der Waals surface area contributed by atoms with Crippen LogP contribution >= 0.6 is 0 Å². The van der Waals surface area contributed by atoms with Gasteiger partial charge in [0.15, 0.2) is 23.5 Å². The molecule has 0 amide bonds. The number of aryl methyl sites for hydroxylation is 1. The highest BCUT2D eigenvalue weighted by Gasteiger charge is 2.19. The van der Waals surface area contributed by atoms with Crippen molar-refractivity contribution in [2.24, 2.45) is 0 Å². The van der Waals surface area contributed by atoms with E-state index in [0.717, 1.165) is 6.39 Å². The average Bonchev–Trinajstić information content (AvgIpc) is 2.70. The van der Waals surface area contributed by atoms with Gasteiger partial charge in [-0.15, -0.1) is 0 Å². The summed E-state index contributed by atoms with van der Waals surface area (Å²) in [6.07, 6.45) is 1.06. The van der Waals surface area contributed by atoms with E-state index in [4.69, 9.17) is 14.0 Å². The zero-order valence-corrected chi connectivity index (χ0v) is 7.22. The smallest absolute Gasteiger partial charge is 0.358 e. The highest BCUT2D eigenvalue weighted by molar-refractivity contribution is 5.91. The molecule has 0 bridgehead atoms. The second-order valence-corrected chi connectivity index (χ2v) is 2.66. The molecular formula is C8H6N2O4. The Kier molecular flexibility index (Phi) is 1.81. The second-order valence-electron chi connectivity index (χ2n) is 2.66. The van der Waals surface area contributed by atoms with Gasteiger partial charge in [-0.1, -0.05) is 5.16 Å². The summed E-state index contributed by atoms with van der Waals surface area (Å²) in [7, 11) is 0. The predicted octanol–water partition coefficient (Wildman–Crippen LogP) is 1.34. The summed E-state index contributed by atoms with van der Waals surface area (Å²) >= 11 is 0.